The highest BCUT2D eigenvalue weighted by molar-refractivity contribution is 5.92. The van der Waals surface area contributed by atoms with Gasteiger partial charge >= 0.3 is 5.97 Å². The maximum atomic E-state index is 11.7. The van der Waals surface area contributed by atoms with Gasteiger partial charge in [-0.25, -0.2) is 4.79 Å². The first-order valence-corrected chi connectivity index (χ1v) is 5.79. The SMILES string of the molecule is CCOC(=O)c1ccc(OCC)cc1OCC. The zero-order chi connectivity index (χ0) is 12.7. The summed E-state index contributed by atoms with van der Waals surface area (Å²) in [7, 11) is 0. The number of carbonyl (C=O) groups excluding carboxylic acids is 1. The van der Waals surface area contributed by atoms with E-state index < -0.39 is 0 Å². The third kappa shape index (κ3) is 3.66. The Bertz CT molecular complexity index is 374. The van der Waals surface area contributed by atoms with Gasteiger partial charge in [-0.3, -0.25) is 0 Å². The molecule has 0 fully saturated rings. The van der Waals surface area contributed by atoms with Crippen molar-refractivity contribution >= 4 is 5.97 Å². The van der Waals surface area contributed by atoms with Crippen LogP contribution in [0.2, 0.25) is 0 Å². The molecular weight excluding hydrogens is 220 g/mol. The first-order valence-electron chi connectivity index (χ1n) is 5.79. The van der Waals surface area contributed by atoms with E-state index in [1.54, 1.807) is 25.1 Å². The summed E-state index contributed by atoms with van der Waals surface area (Å²) in [5.41, 5.74) is 0.428. The summed E-state index contributed by atoms with van der Waals surface area (Å²) < 4.78 is 15.7. The minimum Gasteiger partial charge on any atom is -0.494 e. The molecular formula is C13H18O4. The highest BCUT2D eigenvalue weighted by Gasteiger charge is 2.14. The summed E-state index contributed by atoms with van der Waals surface area (Å²) in [4.78, 5) is 11.7. The van der Waals surface area contributed by atoms with Crippen LogP contribution in [0.3, 0.4) is 0 Å². The first kappa shape index (κ1) is 13.4. The van der Waals surface area contributed by atoms with Crippen LogP contribution in [0.25, 0.3) is 0 Å². The van der Waals surface area contributed by atoms with Crippen molar-refractivity contribution in [1.82, 2.24) is 0 Å². The second-order valence-corrected chi connectivity index (χ2v) is 3.24. The zero-order valence-corrected chi connectivity index (χ0v) is 10.5. The molecule has 0 aliphatic heterocycles. The van der Waals surface area contributed by atoms with E-state index >= 15 is 0 Å². The van der Waals surface area contributed by atoms with Gasteiger partial charge in [0.2, 0.25) is 0 Å². The molecule has 17 heavy (non-hydrogen) atoms. The molecule has 0 bridgehead atoms. The Morgan fingerprint density at radius 2 is 1.76 bits per heavy atom. The van der Waals surface area contributed by atoms with Crippen LogP contribution in [-0.4, -0.2) is 25.8 Å². The highest BCUT2D eigenvalue weighted by Crippen LogP contribution is 2.25. The number of carbonyl (C=O) groups is 1. The van der Waals surface area contributed by atoms with Gasteiger partial charge in [-0.1, -0.05) is 0 Å². The molecule has 0 atom stereocenters. The van der Waals surface area contributed by atoms with Gasteiger partial charge in [0.05, 0.1) is 19.8 Å². The van der Waals surface area contributed by atoms with Gasteiger partial charge < -0.3 is 14.2 Å². The molecule has 0 aromatic heterocycles. The number of benzene rings is 1. The number of hydrogen-bond donors (Lipinski definition) is 0. The van der Waals surface area contributed by atoms with Gasteiger partial charge in [0.15, 0.2) is 0 Å². The molecule has 1 rings (SSSR count). The summed E-state index contributed by atoms with van der Waals surface area (Å²) in [5, 5.41) is 0. The van der Waals surface area contributed by atoms with E-state index in [4.69, 9.17) is 14.2 Å². The molecule has 0 aliphatic rings. The van der Waals surface area contributed by atoms with Crippen molar-refractivity contribution in [3.05, 3.63) is 23.8 Å². The molecule has 0 aliphatic carbocycles. The van der Waals surface area contributed by atoms with Gasteiger partial charge in [0.25, 0.3) is 0 Å². The minimum atomic E-state index is -0.376. The summed E-state index contributed by atoms with van der Waals surface area (Å²) in [6.07, 6.45) is 0. The molecule has 0 N–H and O–H groups in total. The van der Waals surface area contributed by atoms with Gasteiger partial charge in [-0.2, -0.15) is 0 Å². The standard InChI is InChI=1S/C13H18O4/c1-4-15-10-7-8-11(13(14)17-6-3)12(9-10)16-5-2/h7-9H,4-6H2,1-3H3. The molecule has 4 heteroatoms. The maximum absolute atomic E-state index is 11.7. The van der Waals surface area contributed by atoms with Crippen LogP contribution < -0.4 is 9.47 Å². The minimum absolute atomic E-state index is 0.345. The summed E-state index contributed by atoms with van der Waals surface area (Å²) in [6, 6.07) is 5.10. The Balaban J connectivity index is 2.98. The van der Waals surface area contributed by atoms with Crippen LogP contribution in [0.4, 0.5) is 0 Å². The molecule has 0 spiro atoms. The second-order valence-electron chi connectivity index (χ2n) is 3.24. The van der Waals surface area contributed by atoms with Crippen LogP contribution in [0, 0.1) is 0 Å². The van der Waals surface area contributed by atoms with Crippen LogP contribution in [0.15, 0.2) is 18.2 Å². The Labute approximate surface area is 101 Å². The van der Waals surface area contributed by atoms with E-state index in [-0.39, 0.29) is 5.97 Å². The van der Waals surface area contributed by atoms with E-state index in [0.717, 1.165) is 0 Å². The fraction of sp³-hybridized carbons (Fsp3) is 0.462. The fourth-order valence-electron chi connectivity index (χ4n) is 1.41. The lowest BCUT2D eigenvalue weighted by molar-refractivity contribution is 0.0522. The number of hydrogen-bond acceptors (Lipinski definition) is 4. The Morgan fingerprint density at radius 1 is 1.06 bits per heavy atom. The lowest BCUT2D eigenvalue weighted by Crippen LogP contribution is -2.08. The third-order valence-corrected chi connectivity index (χ3v) is 2.06. The number of esters is 1. The quantitative estimate of drug-likeness (QED) is 0.715. The molecule has 0 saturated heterocycles. The van der Waals surface area contributed by atoms with Crippen LogP contribution in [0.5, 0.6) is 11.5 Å². The van der Waals surface area contributed by atoms with Crippen LogP contribution in [-0.2, 0) is 4.74 Å². The lowest BCUT2D eigenvalue weighted by Gasteiger charge is -2.11. The largest absolute Gasteiger partial charge is 0.494 e. The second kappa shape index (κ2) is 6.78. The molecule has 1 aromatic carbocycles. The van der Waals surface area contributed by atoms with Crippen LogP contribution in [0.1, 0.15) is 31.1 Å². The van der Waals surface area contributed by atoms with Gasteiger partial charge in [0, 0.05) is 6.07 Å². The highest BCUT2D eigenvalue weighted by atomic mass is 16.5. The van der Waals surface area contributed by atoms with Crippen molar-refractivity contribution in [3.8, 4) is 11.5 Å². The van der Waals surface area contributed by atoms with E-state index in [1.807, 2.05) is 13.8 Å². The molecule has 0 heterocycles. The van der Waals surface area contributed by atoms with Crippen molar-refractivity contribution in [2.75, 3.05) is 19.8 Å². The van der Waals surface area contributed by atoms with Crippen molar-refractivity contribution < 1.29 is 19.0 Å². The Hall–Kier alpha value is -1.71. The lowest BCUT2D eigenvalue weighted by atomic mass is 10.2. The molecule has 4 nitrogen and oxygen atoms in total. The van der Waals surface area contributed by atoms with Crippen LogP contribution >= 0.6 is 0 Å². The van der Waals surface area contributed by atoms with Crippen molar-refractivity contribution in [1.29, 1.82) is 0 Å². The van der Waals surface area contributed by atoms with Crippen molar-refractivity contribution in [2.45, 2.75) is 20.8 Å². The average molecular weight is 238 g/mol. The van der Waals surface area contributed by atoms with E-state index in [2.05, 4.69) is 0 Å². The summed E-state index contributed by atoms with van der Waals surface area (Å²) in [6.45, 7) is 6.94. The number of ether oxygens (including phenoxy) is 3. The monoisotopic (exact) mass is 238 g/mol. The van der Waals surface area contributed by atoms with Gasteiger partial charge in [0.1, 0.15) is 17.1 Å². The molecule has 0 saturated carbocycles. The number of rotatable bonds is 6. The molecule has 1 aromatic rings. The smallest absolute Gasteiger partial charge is 0.341 e. The van der Waals surface area contributed by atoms with E-state index in [9.17, 15) is 4.79 Å². The third-order valence-electron chi connectivity index (χ3n) is 2.06. The molecule has 0 amide bonds. The van der Waals surface area contributed by atoms with Gasteiger partial charge in [-0.05, 0) is 32.9 Å². The average Bonchev–Trinajstić information content (AvgIpc) is 2.30. The van der Waals surface area contributed by atoms with Crippen molar-refractivity contribution in [3.63, 3.8) is 0 Å². The Morgan fingerprint density at radius 3 is 2.35 bits per heavy atom. The topological polar surface area (TPSA) is 44.8 Å². The zero-order valence-electron chi connectivity index (χ0n) is 10.5. The molecule has 0 unspecified atom stereocenters. The van der Waals surface area contributed by atoms with E-state index in [1.165, 1.54) is 0 Å². The molecule has 0 radical (unpaired) electrons. The summed E-state index contributed by atoms with van der Waals surface area (Å²) >= 11 is 0. The van der Waals surface area contributed by atoms with Crippen molar-refractivity contribution in [2.24, 2.45) is 0 Å². The summed E-state index contributed by atoms with van der Waals surface area (Å²) in [5.74, 6) is 0.805. The normalized spacial score (nSPS) is 9.82. The van der Waals surface area contributed by atoms with Gasteiger partial charge in [-0.15, -0.1) is 0 Å². The first-order chi connectivity index (χ1) is 8.22. The predicted octanol–water partition coefficient (Wildman–Crippen LogP) is 2.66. The Kier molecular flexibility index (Phi) is 5.33. The molecule has 94 valence electrons. The predicted molar refractivity (Wildman–Crippen MR) is 64.7 cm³/mol. The van der Waals surface area contributed by atoms with E-state index in [0.29, 0.717) is 36.9 Å². The fourth-order valence-corrected chi connectivity index (χ4v) is 1.41. The maximum Gasteiger partial charge on any atom is 0.341 e.